The van der Waals surface area contributed by atoms with E-state index in [-0.39, 0.29) is 33.5 Å². The number of carboxylic acids is 2. The Morgan fingerprint density at radius 3 is 2.05 bits per heavy atom. The van der Waals surface area contributed by atoms with Gasteiger partial charge in [0.1, 0.15) is 42.7 Å². The molecule has 56 heavy (non-hydrogen) atoms. The number of rotatable bonds is 7. The van der Waals surface area contributed by atoms with Gasteiger partial charge < -0.3 is 59.8 Å². The van der Waals surface area contributed by atoms with Gasteiger partial charge in [-0.25, -0.2) is 4.79 Å². The van der Waals surface area contributed by atoms with Gasteiger partial charge in [0.25, 0.3) is 0 Å². The highest BCUT2D eigenvalue weighted by molar-refractivity contribution is 5.76. The summed E-state index contributed by atoms with van der Waals surface area (Å²) < 4.78 is 23.5. The summed E-state index contributed by atoms with van der Waals surface area (Å²) in [6.07, 6.45) is -7.02. The minimum Gasteiger partial charge on any atom is -0.481 e. The van der Waals surface area contributed by atoms with Crippen molar-refractivity contribution in [2.75, 3.05) is 6.61 Å². The van der Waals surface area contributed by atoms with E-state index >= 15 is 0 Å². The van der Waals surface area contributed by atoms with Gasteiger partial charge in [-0.1, -0.05) is 60.1 Å². The number of hydrogen-bond acceptors (Lipinski definition) is 12. The van der Waals surface area contributed by atoms with Crippen molar-refractivity contribution in [2.45, 2.75) is 180 Å². The maximum Gasteiger partial charge on any atom is 0.335 e. The van der Waals surface area contributed by atoms with Crippen LogP contribution in [0.4, 0.5) is 0 Å². The largest absolute Gasteiger partial charge is 0.481 e. The second-order valence-corrected chi connectivity index (χ2v) is 20.7. The van der Waals surface area contributed by atoms with Crippen LogP contribution in [-0.4, -0.2) is 127 Å². The zero-order valence-corrected chi connectivity index (χ0v) is 34.0. The van der Waals surface area contributed by atoms with Crippen LogP contribution < -0.4 is 0 Å². The van der Waals surface area contributed by atoms with Crippen molar-refractivity contribution in [3.8, 4) is 0 Å². The van der Waals surface area contributed by atoms with Crippen molar-refractivity contribution in [1.82, 2.24) is 0 Å². The Morgan fingerprint density at radius 1 is 0.750 bits per heavy atom. The van der Waals surface area contributed by atoms with Crippen molar-refractivity contribution in [1.29, 1.82) is 0 Å². The molecular formula is C42H66O14. The van der Waals surface area contributed by atoms with Crippen LogP contribution in [0.2, 0.25) is 0 Å². The first-order valence-electron chi connectivity index (χ1n) is 20.8. The minimum atomic E-state index is -1.93. The van der Waals surface area contributed by atoms with Crippen molar-refractivity contribution in [3.63, 3.8) is 0 Å². The van der Waals surface area contributed by atoms with Crippen molar-refractivity contribution >= 4 is 11.9 Å². The maximum atomic E-state index is 13.0. The van der Waals surface area contributed by atoms with Gasteiger partial charge in [-0.3, -0.25) is 4.79 Å². The Balaban J connectivity index is 1.13. The lowest BCUT2D eigenvalue weighted by atomic mass is 9.33. The van der Waals surface area contributed by atoms with E-state index in [0.717, 1.165) is 51.4 Å². The molecule has 5 aliphatic carbocycles. The van der Waals surface area contributed by atoms with Crippen LogP contribution in [0.1, 0.15) is 113 Å². The molecular weight excluding hydrogens is 728 g/mol. The number of carbonyl (C=O) groups is 2. The molecule has 7 aliphatic rings. The lowest BCUT2D eigenvalue weighted by molar-refractivity contribution is -0.365. The highest BCUT2D eigenvalue weighted by atomic mass is 16.7. The van der Waals surface area contributed by atoms with Gasteiger partial charge in [0.05, 0.1) is 18.1 Å². The fraction of sp³-hybridized carbons (Fsp3) is 0.905. The predicted molar refractivity (Wildman–Crippen MR) is 198 cm³/mol. The van der Waals surface area contributed by atoms with Gasteiger partial charge in [-0.2, -0.15) is 0 Å². The number of aliphatic hydroxyl groups is 6. The van der Waals surface area contributed by atoms with Gasteiger partial charge in [0, 0.05) is 0 Å². The van der Waals surface area contributed by atoms with E-state index in [9.17, 15) is 50.4 Å². The molecule has 14 nitrogen and oxygen atoms in total. The average Bonchev–Trinajstić information content (AvgIpc) is 3.11. The van der Waals surface area contributed by atoms with Crippen molar-refractivity contribution in [3.05, 3.63) is 11.6 Å². The molecule has 0 aromatic carbocycles. The third-order valence-corrected chi connectivity index (χ3v) is 17.2. The van der Waals surface area contributed by atoms with Crippen LogP contribution in [0.25, 0.3) is 0 Å². The summed E-state index contributed by atoms with van der Waals surface area (Å²) in [7, 11) is 0. The molecule has 6 fully saturated rings. The minimum absolute atomic E-state index is 0.0231. The summed E-state index contributed by atoms with van der Waals surface area (Å²) in [4.78, 5) is 25.4. The monoisotopic (exact) mass is 794 g/mol. The molecule has 0 radical (unpaired) electrons. The van der Waals surface area contributed by atoms with Crippen LogP contribution in [0.15, 0.2) is 11.6 Å². The van der Waals surface area contributed by atoms with E-state index in [1.54, 1.807) is 0 Å². The molecule has 4 saturated carbocycles. The maximum absolute atomic E-state index is 13.0. The predicted octanol–water partition coefficient (Wildman–Crippen LogP) is 2.97. The molecule has 0 bridgehead atoms. The highest BCUT2D eigenvalue weighted by Gasteiger charge is 2.69. The highest BCUT2D eigenvalue weighted by Crippen LogP contribution is 2.76. The van der Waals surface area contributed by atoms with Crippen LogP contribution in [0.3, 0.4) is 0 Å². The number of ether oxygens (including phenoxy) is 4. The third-order valence-electron chi connectivity index (χ3n) is 17.2. The quantitative estimate of drug-likeness (QED) is 0.137. The fourth-order valence-electron chi connectivity index (χ4n) is 13.7. The molecule has 8 N–H and O–H groups in total. The van der Waals surface area contributed by atoms with Crippen LogP contribution in [0, 0.1) is 50.2 Å². The molecule has 0 spiro atoms. The van der Waals surface area contributed by atoms with Crippen molar-refractivity contribution < 1.29 is 69.4 Å². The summed E-state index contributed by atoms with van der Waals surface area (Å²) in [5, 5.41) is 84.1. The van der Waals surface area contributed by atoms with Gasteiger partial charge in [0.2, 0.25) is 0 Å². The number of hydrogen-bond donors (Lipinski definition) is 8. The molecule has 0 aromatic heterocycles. The summed E-state index contributed by atoms with van der Waals surface area (Å²) in [6.45, 7) is 15.4. The number of carboxylic acid groups (broad SMARTS) is 2. The number of aliphatic hydroxyl groups excluding tert-OH is 6. The fourth-order valence-corrected chi connectivity index (χ4v) is 13.7. The molecule has 0 unspecified atom stereocenters. The molecule has 0 amide bonds. The number of allylic oxidation sites excluding steroid dienone is 2. The van der Waals surface area contributed by atoms with E-state index in [1.165, 1.54) is 5.57 Å². The van der Waals surface area contributed by atoms with E-state index in [2.05, 4.69) is 54.5 Å². The molecule has 18 atom stereocenters. The van der Waals surface area contributed by atoms with Gasteiger partial charge in [0.15, 0.2) is 18.7 Å². The van der Waals surface area contributed by atoms with Crippen LogP contribution in [0.5, 0.6) is 0 Å². The molecule has 2 saturated heterocycles. The first-order valence-corrected chi connectivity index (χ1v) is 20.8. The van der Waals surface area contributed by atoms with E-state index in [0.29, 0.717) is 18.8 Å². The van der Waals surface area contributed by atoms with Crippen molar-refractivity contribution in [2.24, 2.45) is 50.2 Å². The second kappa shape index (κ2) is 14.2. The van der Waals surface area contributed by atoms with Gasteiger partial charge >= 0.3 is 11.9 Å². The SMILES string of the molecule is CC1(C)CC[C@]2(C(=O)O)CC[C@]3(C)C(=CC[C@@H]4[C@@]5(C)CC[C@H](O[C@@H]6O[C@H](C(=O)O)[C@@H](O)[C@H](O[C@@H]7O[C@H](CO)[C@H](O)[C@H](O)[C@H]7O)[C@H]6O)C(C)(C)[C@H]5CC[C@]43C)[C@@H]2C1. The summed E-state index contributed by atoms with van der Waals surface area (Å²) in [6, 6.07) is 0. The van der Waals surface area contributed by atoms with Gasteiger partial charge in [-0.15, -0.1) is 0 Å². The summed E-state index contributed by atoms with van der Waals surface area (Å²) >= 11 is 0. The lowest BCUT2D eigenvalue weighted by Crippen LogP contribution is -2.67. The van der Waals surface area contributed by atoms with E-state index in [1.807, 2.05) is 0 Å². The Morgan fingerprint density at radius 2 is 1.41 bits per heavy atom. The van der Waals surface area contributed by atoms with Crippen LogP contribution >= 0.6 is 0 Å². The summed E-state index contributed by atoms with van der Waals surface area (Å²) in [5.41, 5.74) is -0.0185. The molecule has 2 aliphatic heterocycles. The Labute approximate surface area is 329 Å². The molecule has 0 aromatic rings. The normalized spacial score (nSPS) is 52.3. The van der Waals surface area contributed by atoms with Gasteiger partial charge in [-0.05, 0) is 109 Å². The van der Waals surface area contributed by atoms with Crippen LogP contribution in [-0.2, 0) is 28.5 Å². The number of fused-ring (bicyclic) bond motifs is 7. The standard InChI is InChI=1S/C42H66O14/c1-37(2)14-16-42(36(51)52)17-15-40(6)20(21(42)18-37)8-9-24-39(5)12-11-25(38(3,4)23(39)10-13-41(24,40)7)54-35-30(48)31(29(47)32(56-35)33(49)50)55-34-28(46)27(45)26(44)22(19-43)53-34/h8,21-32,34-35,43-48H,9-19H2,1-7H3,(H,49,50)(H,51,52)/t21-,22+,23+,24+,25-,26-,27-,28+,29-,30+,31-,32-,34-,35+,39-,40+,41+,42-/m0/s1. The zero-order valence-electron chi connectivity index (χ0n) is 34.0. The van der Waals surface area contributed by atoms with E-state index in [4.69, 9.17) is 18.9 Å². The molecule has 7 rings (SSSR count). The smallest absolute Gasteiger partial charge is 0.335 e. The molecule has 14 heteroatoms. The molecule has 2 heterocycles. The Hall–Kier alpha value is -1.72. The average molecular weight is 795 g/mol. The lowest BCUT2D eigenvalue weighted by Gasteiger charge is -2.71. The Bertz CT molecular complexity index is 1560. The Kier molecular flexibility index (Phi) is 10.8. The first kappa shape index (κ1) is 42.4. The first-order chi connectivity index (χ1) is 26.0. The zero-order chi connectivity index (χ0) is 41.1. The molecule has 318 valence electrons. The number of aliphatic carboxylic acids is 2. The second-order valence-electron chi connectivity index (χ2n) is 20.7. The topological polar surface area (TPSA) is 233 Å². The third kappa shape index (κ3) is 6.17. The summed E-state index contributed by atoms with van der Waals surface area (Å²) in [5.74, 6) is -1.64. The van der Waals surface area contributed by atoms with E-state index < -0.39 is 96.9 Å².